The first-order chi connectivity index (χ1) is 11.0. The number of β-amino-alcohol motifs (C(OH)–C–C–N with tert-alkyl or cyclic N) is 1. The van der Waals surface area contributed by atoms with Gasteiger partial charge in [-0.3, -0.25) is 4.90 Å². The third-order valence-corrected chi connectivity index (χ3v) is 6.18. The van der Waals surface area contributed by atoms with Gasteiger partial charge in [0.05, 0.1) is 0 Å². The molecule has 0 bridgehead atoms. The summed E-state index contributed by atoms with van der Waals surface area (Å²) in [5.41, 5.74) is 3.73. The van der Waals surface area contributed by atoms with Crippen molar-refractivity contribution in [3.8, 4) is 0 Å². The maximum absolute atomic E-state index is 10.5. The summed E-state index contributed by atoms with van der Waals surface area (Å²) in [5.74, 6) is 0. The Morgan fingerprint density at radius 1 is 1.13 bits per heavy atom. The molecule has 3 nitrogen and oxygen atoms in total. The lowest BCUT2D eigenvalue weighted by Crippen LogP contribution is -2.47. The van der Waals surface area contributed by atoms with E-state index in [1.807, 2.05) is 12.1 Å². The van der Waals surface area contributed by atoms with Crippen LogP contribution in [-0.2, 0) is 0 Å². The predicted octanol–water partition coefficient (Wildman–Crippen LogP) is 3.87. The fraction of sp³-hybridized carbons (Fsp3) is 0.444. The van der Waals surface area contributed by atoms with Crippen LogP contribution in [0.1, 0.15) is 22.1 Å². The molecule has 1 aliphatic heterocycles. The van der Waals surface area contributed by atoms with Crippen LogP contribution in [-0.4, -0.2) is 42.7 Å². The van der Waals surface area contributed by atoms with Crippen molar-refractivity contribution in [3.05, 3.63) is 50.7 Å². The number of halogens is 1. The Morgan fingerprint density at radius 2 is 1.78 bits per heavy atom. The highest BCUT2D eigenvalue weighted by atomic mass is 35.5. The molecule has 1 atom stereocenters. The molecule has 1 unspecified atom stereocenters. The molecule has 1 saturated heterocycles. The maximum atomic E-state index is 10.5. The second-order valence-electron chi connectivity index (χ2n) is 6.19. The Kier molecular flexibility index (Phi) is 5.27. The lowest BCUT2D eigenvalue weighted by Gasteiger charge is -2.36. The second kappa shape index (κ2) is 7.22. The van der Waals surface area contributed by atoms with Crippen molar-refractivity contribution in [2.45, 2.75) is 20.0 Å². The van der Waals surface area contributed by atoms with E-state index >= 15 is 0 Å². The molecular weight excluding hydrogens is 328 g/mol. The Labute approximate surface area is 147 Å². The molecule has 1 aromatic carbocycles. The van der Waals surface area contributed by atoms with Crippen LogP contribution >= 0.6 is 22.9 Å². The summed E-state index contributed by atoms with van der Waals surface area (Å²) in [6.07, 6.45) is -0.379. The monoisotopic (exact) mass is 350 g/mol. The van der Waals surface area contributed by atoms with Gasteiger partial charge in [0, 0.05) is 48.3 Å². The molecule has 0 saturated carbocycles. The van der Waals surface area contributed by atoms with Crippen molar-refractivity contribution in [2.24, 2.45) is 0 Å². The first-order valence-corrected chi connectivity index (χ1v) is 9.26. The third kappa shape index (κ3) is 3.89. The summed E-state index contributed by atoms with van der Waals surface area (Å²) in [4.78, 5) is 5.84. The SMILES string of the molecule is Cc1csc(C(O)CN2CCN(c3ccc(Cl)cc3)CC2)c1C. The quantitative estimate of drug-likeness (QED) is 0.906. The number of aliphatic hydroxyl groups excluding tert-OH is 1. The fourth-order valence-electron chi connectivity index (χ4n) is 3.02. The largest absolute Gasteiger partial charge is 0.386 e. The van der Waals surface area contributed by atoms with Gasteiger partial charge in [-0.2, -0.15) is 0 Å². The molecule has 2 aromatic rings. The number of anilines is 1. The summed E-state index contributed by atoms with van der Waals surface area (Å²) in [5, 5.41) is 13.4. The third-order valence-electron chi connectivity index (χ3n) is 4.62. The summed E-state index contributed by atoms with van der Waals surface area (Å²) < 4.78 is 0. The molecule has 1 aromatic heterocycles. The van der Waals surface area contributed by atoms with E-state index in [0.717, 1.165) is 42.6 Å². The molecule has 3 rings (SSSR count). The Morgan fingerprint density at radius 3 is 2.35 bits per heavy atom. The first kappa shape index (κ1) is 16.8. The molecule has 0 spiro atoms. The highest BCUT2D eigenvalue weighted by Gasteiger charge is 2.22. The van der Waals surface area contributed by atoms with Gasteiger partial charge in [0.15, 0.2) is 0 Å². The number of piperazine rings is 1. The average molecular weight is 351 g/mol. The molecule has 124 valence electrons. The number of thiophene rings is 1. The van der Waals surface area contributed by atoms with E-state index in [9.17, 15) is 5.11 Å². The van der Waals surface area contributed by atoms with E-state index in [0.29, 0.717) is 0 Å². The Bertz CT molecular complexity index is 648. The molecule has 1 fully saturated rings. The van der Waals surface area contributed by atoms with Gasteiger partial charge < -0.3 is 10.0 Å². The zero-order valence-corrected chi connectivity index (χ0v) is 15.2. The highest BCUT2D eigenvalue weighted by molar-refractivity contribution is 7.10. The predicted molar refractivity (Wildman–Crippen MR) is 98.9 cm³/mol. The van der Waals surface area contributed by atoms with Crippen LogP contribution in [0.15, 0.2) is 29.6 Å². The van der Waals surface area contributed by atoms with Gasteiger partial charge in [0.25, 0.3) is 0 Å². The number of hydrogen-bond donors (Lipinski definition) is 1. The van der Waals surface area contributed by atoms with Gasteiger partial charge in [-0.15, -0.1) is 11.3 Å². The maximum Gasteiger partial charge on any atom is 0.101 e. The number of aryl methyl sites for hydroxylation is 1. The van der Waals surface area contributed by atoms with Crippen LogP contribution in [0.4, 0.5) is 5.69 Å². The van der Waals surface area contributed by atoms with Gasteiger partial charge in [-0.25, -0.2) is 0 Å². The van der Waals surface area contributed by atoms with Crippen molar-refractivity contribution in [2.75, 3.05) is 37.6 Å². The van der Waals surface area contributed by atoms with E-state index in [1.54, 1.807) is 11.3 Å². The van der Waals surface area contributed by atoms with Crippen LogP contribution in [0.3, 0.4) is 0 Å². The minimum Gasteiger partial charge on any atom is -0.386 e. The van der Waals surface area contributed by atoms with E-state index in [2.05, 4.69) is 41.2 Å². The Balaban J connectivity index is 1.55. The van der Waals surface area contributed by atoms with E-state index < -0.39 is 0 Å². The van der Waals surface area contributed by atoms with Crippen molar-refractivity contribution < 1.29 is 5.11 Å². The molecule has 0 amide bonds. The first-order valence-electron chi connectivity index (χ1n) is 8.00. The van der Waals surface area contributed by atoms with Crippen molar-refractivity contribution in [3.63, 3.8) is 0 Å². The van der Waals surface area contributed by atoms with E-state index in [1.165, 1.54) is 16.8 Å². The van der Waals surface area contributed by atoms with E-state index in [-0.39, 0.29) is 6.10 Å². The zero-order chi connectivity index (χ0) is 16.4. The van der Waals surface area contributed by atoms with Crippen LogP contribution < -0.4 is 4.90 Å². The number of nitrogens with zero attached hydrogens (tertiary/aromatic N) is 2. The second-order valence-corrected chi connectivity index (χ2v) is 7.54. The van der Waals surface area contributed by atoms with Gasteiger partial charge >= 0.3 is 0 Å². The summed E-state index contributed by atoms with van der Waals surface area (Å²) in [7, 11) is 0. The Hall–Kier alpha value is -1.07. The minimum atomic E-state index is -0.379. The minimum absolute atomic E-state index is 0.379. The summed E-state index contributed by atoms with van der Waals surface area (Å²) in [6, 6.07) is 8.03. The smallest absolute Gasteiger partial charge is 0.101 e. The lowest BCUT2D eigenvalue weighted by atomic mass is 10.1. The van der Waals surface area contributed by atoms with Crippen LogP contribution in [0, 0.1) is 13.8 Å². The van der Waals surface area contributed by atoms with Crippen molar-refractivity contribution in [1.82, 2.24) is 4.90 Å². The molecule has 5 heteroatoms. The van der Waals surface area contributed by atoms with Crippen molar-refractivity contribution in [1.29, 1.82) is 0 Å². The van der Waals surface area contributed by atoms with E-state index in [4.69, 9.17) is 11.6 Å². The number of aliphatic hydroxyl groups is 1. The molecule has 2 heterocycles. The summed E-state index contributed by atoms with van der Waals surface area (Å²) in [6.45, 7) is 8.84. The van der Waals surface area contributed by atoms with Crippen LogP contribution in [0.2, 0.25) is 5.02 Å². The normalized spacial score (nSPS) is 17.5. The van der Waals surface area contributed by atoms with Gasteiger partial charge in [-0.1, -0.05) is 11.6 Å². The van der Waals surface area contributed by atoms with Gasteiger partial charge in [-0.05, 0) is 54.6 Å². The molecule has 0 aliphatic carbocycles. The highest BCUT2D eigenvalue weighted by Crippen LogP contribution is 2.28. The molecular formula is C18H23ClN2OS. The zero-order valence-electron chi connectivity index (χ0n) is 13.6. The van der Waals surface area contributed by atoms with Crippen molar-refractivity contribution >= 4 is 28.6 Å². The van der Waals surface area contributed by atoms with Gasteiger partial charge in [0.1, 0.15) is 6.10 Å². The van der Waals surface area contributed by atoms with Crippen LogP contribution in [0.25, 0.3) is 0 Å². The average Bonchev–Trinajstić information content (AvgIpc) is 2.89. The van der Waals surface area contributed by atoms with Crippen LogP contribution in [0.5, 0.6) is 0 Å². The molecule has 1 N–H and O–H groups in total. The number of benzene rings is 1. The molecule has 1 aliphatic rings. The summed E-state index contributed by atoms with van der Waals surface area (Å²) >= 11 is 7.62. The number of rotatable bonds is 4. The topological polar surface area (TPSA) is 26.7 Å². The molecule has 0 radical (unpaired) electrons. The lowest BCUT2D eigenvalue weighted by molar-refractivity contribution is 0.112. The fourth-order valence-corrected chi connectivity index (χ4v) is 4.20. The molecule has 23 heavy (non-hydrogen) atoms. The standard InChI is InChI=1S/C18H23ClN2OS/c1-13-12-23-18(14(13)2)17(22)11-20-7-9-21(10-8-20)16-5-3-15(19)4-6-16/h3-6,12,17,22H,7-11H2,1-2H3. The number of hydrogen-bond acceptors (Lipinski definition) is 4. The van der Waals surface area contributed by atoms with Gasteiger partial charge in [0.2, 0.25) is 0 Å².